The molecule has 0 amide bonds. The number of nitrogens with two attached hydrogens (primary N) is 1. The quantitative estimate of drug-likeness (QED) is 0.188. The van der Waals surface area contributed by atoms with E-state index in [0.29, 0.717) is 11.6 Å². The van der Waals surface area contributed by atoms with Crippen molar-refractivity contribution < 1.29 is 0 Å². The van der Waals surface area contributed by atoms with Crippen molar-refractivity contribution in [3.05, 3.63) is 116 Å². The van der Waals surface area contributed by atoms with E-state index >= 15 is 0 Å². The third-order valence-electron chi connectivity index (χ3n) is 8.74. The number of hydrogen-bond acceptors (Lipinski definition) is 10. The van der Waals surface area contributed by atoms with Crippen molar-refractivity contribution in [2.45, 2.75) is 6.92 Å². The largest absolute Gasteiger partial charge is 0.383 e. The number of hydrogen-bond donors (Lipinski definition) is 2. The Morgan fingerprint density at radius 1 is 0.714 bits per heavy atom. The average molecular weight is 647 g/mol. The van der Waals surface area contributed by atoms with Gasteiger partial charge in [-0.2, -0.15) is 0 Å². The van der Waals surface area contributed by atoms with Gasteiger partial charge in [-0.15, -0.1) is 0 Å². The third-order valence-corrected chi connectivity index (χ3v) is 8.74. The summed E-state index contributed by atoms with van der Waals surface area (Å²) in [6.07, 6.45) is 10.9. The molecule has 0 atom stereocenters. The molecular weight excluding hydrogens is 612 g/mol. The van der Waals surface area contributed by atoms with E-state index in [0.717, 1.165) is 88.3 Å². The van der Waals surface area contributed by atoms with Crippen LogP contribution in [0.25, 0.3) is 56.5 Å². The molecule has 1 aromatic carbocycles. The predicted molar refractivity (Wildman–Crippen MR) is 195 cm³/mol. The molecule has 0 radical (unpaired) electrons. The van der Waals surface area contributed by atoms with Gasteiger partial charge in [-0.25, -0.2) is 34.9 Å². The molecule has 1 saturated heterocycles. The first-order chi connectivity index (χ1) is 24.1. The first kappa shape index (κ1) is 30.0. The number of nitrogens with one attached hydrogen (secondary N) is 1. The Morgan fingerprint density at radius 3 is 2.04 bits per heavy atom. The zero-order valence-corrected chi connectivity index (χ0v) is 27.0. The van der Waals surface area contributed by atoms with Crippen LogP contribution in [-0.2, 0) is 0 Å². The fourth-order valence-electron chi connectivity index (χ4n) is 6.33. The zero-order chi connectivity index (χ0) is 33.3. The molecule has 8 rings (SSSR count). The zero-order valence-electron chi connectivity index (χ0n) is 27.0. The molecular formula is C37H34N12. The van der Waals surface area contributed by atoms with Crippen molar-refractivity contribution in [1.82, 2.24) is 44.0 Å². The Hall–Kier alpha value is -6.40. The summed E-state index contributed by atoms with van der Waals surface area (Å²) in [4.78, 5) is 30.5. The molecule has 242 valence electrons. The summed E-state index contributed by atoms with van der Waals surface area (Å²) in [5, 5.41) is 2.21. The highest BCUT2D eigenvalue weighted by Crippen LogP contribution is 2.33. The van der Waals surface area contributed by atoms with Crippen LogP contribution in [0.5, 0.6) is 0 Å². The molecule has 12 nitrogen and oxygen atoms in total. The maximum absolute atomic E-state index is 6.27. The second kappa shape index (κ2) is 12.7. The number of fused-ring (bicyclic) bond motifs is 2. The summed E-state index contributed by atoms with van der Waals surface area (Å²) in [7, 11) is 0. The summed E-state index contributed by atoms with van der Waals surface area (Å²) in [6, 6.07) is 24.0. The monoisotopic (exact) mass is 646 g/mol. The Balaban J connectivity index is 1.02. The predicted octanol–water partition coefficient (Wildman–Crippen LogP) is 6.07. The van der Waals surface area contributed by atoms with Gasteiger partial charge >= 0.3 is 0 Å². The van der Waals surface area contributed by atoms with Gasteiger partial charge in [-0.1, -0.05) is 12.7 Å². The average Bonchev–Trinajstić information content (AvgIpc) is 3.72. The molecule has 1 aliphatic heterocycles. The fraction of sp³-hybridized carbons (Fsp3) is 0.135. The van der Waals surface area contributed by atoms with Crippen LogP contribution in [0.1, 0.15) is 6.92 Å². The summed E-state index contributed by atoms with van der Waals surface area (Å²) in [5.41, 5.74) is 17.6. The van der Waals surface area contributed by atoms with E-state index in [2.05, 4.69) is 61.1 Å². The van der Waals surface area contributed by atoms with Crippen LogP contribution in [0.15, 0.2) is 116 Å². The molecule has 49 heavy (non-hydrogen) atoms. The van der Waals surface area contributed by atoms with E-state index in [9.17, 15) is 0 Å². The van der Waals surface area contributed by atoms with E-state index in [1.54, 1.807) is 24.8 Å². The lowest BCUT2D eigenvalue weighted by Crippen LogP contribution is -2.48. The number of anilines is 3. The van der Waals surface area contributed by atoms with E-state index in [4.69, 9.17) is 20.7 Å². The van der Waals surface area contributed by atoms with E-state index < -0.39 is 0 Å². The summed E-state index contributed by atoms with van der Waals surface area (Å²) in [5.74, 6) is 2.63. The number of nitrogen functional groups attached to an aromatic ring is 1. The molecule has 0 bridgehead atoms. The number of aromatic nitrogens is 8. The maximum atomic E-state index is 6.27. The van der Waals surface area contributed by atoms with Crippen LogP contribution in [0, 0.1) is 0 Å². The number of imidazole rings is 2. The molecule has 1 aliphatic rings. The van der Waals surface area contributed by atoms with Gasteiger partial charge in [-0.3, -0.25) is 9.13 Å². The molecule has 0 spiro atoms. The highest BCUT2D eigenvalue weighted by atomic mass is 15.5. The summed E-state index contributed by atoms with van der Waals surface area (Å²) >= 11 is 0. The number of hydrazine groups is 1. The number of nitrogens with zero attached hydrogens (tertiary/aromatic N) is 10. The minimum atomic E-state index is 0.426. The summed E-state index contributed by atoms with van der Waals surface area (Å²) in [6.45, 7) is 9.27. The minimum absolute atomic E-state index is 0.426. The molecule has 7 aromatic rings. The second-order valence-corrected chi connectivity index (χ2v) is 11.6. The van der Waals surface area contributed by atoms with Crippen LogP contribution in [0.3, 0.4) is 0 Å². The van der Waals surface area contributed by atoms with Gasteiger partial charge in [0, 0.05) is 68.0 Å². The van der Waals surface area contributed by atoms with Crippen LogP contribution < -0.4 is 16.1 Å². The van der Waals surface area contributed by atoms with Gasteiger partial charge in [0.15, 0.2) is 28.8 Å². The van der Waals surface area contributed by atoms with Gasteiger partial charge in [0.1, 0.15) is 16.9 Å². The molecule has 7 heterocycles. The molecule has 6 aromatic heterocycles. The third kappa shape index (κ3) is 5.43. The Bertz CT molecular complexity index is 2330. The highest BCUT2D eigenvalue weighted by molar-refractivity contribution is 5.86. The SMILES string of the molecule is C=CC(=CC)n1c(-c2cccnc2NN2CCN(c3ccc(-n4c(-c5cccnc5N)nc5cccnc54)cc3)CC2)nc2cccnc21. The van der Waals surface area contributed by atoms with Crippen molar-refractivity contribution >= 4 is 45.3 Å². The van der Waals surface area contributed by atoms with Crippen molar-refractivity contribution in [2.75, 3.05) is 42.2 Å². The van der Waals surface area contributed by atoms with Gasteiger partial charge < -0.3 is 16.1 Å². The van der Waals surface area contributed by atoms with Crippen molar-refractivity contribution in [1.29, 1.82) is 0 Å². The van der Waals surface area contributed by atoms with Gasteiger partial charge in [0.05, 0.1) is 11.1 Å². The highest BCUT2D eigenvalue weighted by Gasteiger charge is 2.23. The number of allylic oxidation sites excluding steroid dienone is 3. The molecule has 0 aliphatic carbocycles. The first-order valence-corrected chi connectivity index (χ1v) is 16.1. The number of benzene rings is 1. The lowest BCUT2D eigenvalue weighted by atomic mass is 10.2. The Morgan fingerprint density at radius 2 is 1.33 bits per heavy atom. The van der Waals surface area contributed by atoms with Crippen LogP contribution in [0.2, 0.25) is 0 Å². The van der Waals surface area contributed by atoms with Crippen LogP contribution >= 0.6 is 0 Å². The first-order valence-electron chi connectivity index (χ1n) is 16.1. The summed E-state index contributed by atoms with van der Waals surface area (Å²) < 4.78 is 4.07. The van der Waals surface area contributed by atoms with Crippen LogP contribution in [-0.4, -0.2) is 70.2 Å². The Kier molecular flexibility index (Phi) is 7.74. The van der Waals surface area contributed by atoms with E-state index in [1.165, 1.54) is 0 Å². The van der Waals surface area contributed by atoms with Gasteiger partial charge in [0.2, 0.25) is 0 Å². The maximum Gasteiger partial charge on any atom is 0.164 e. The normalized spacial score (nSPS) is 14.1. The van der Waals surface area contributed by atoms with Crippen LogP contribution in [0.4, 0.5) is 17.3 Å². The smallest absolute Gasteiger partial charge is 0.164 e. The molecule has 1 fully saturated rings. The fourth-order valence-corrected chi connectivity index (χ4v) is 6.33. The molecule has 0 saturated carbocycles. The van der Waals surface area contributed by atoms with Gasteiger partial charge in [-0.05, 0) is 85.8 Å². The molecule has 3 N–H and O–H groups in total. The van der Waals surface area contributed by atoms with E-state index in [-0.39, 0.29) is 0 Å². The van der Waals surface area contributed by atoms with Gasteiger partial charge in [0.25, 0.3) is 0 Å². The second-order valence-electron chi connectivity index (χ2n) is 11.6. The van der Waals surface area contributed by atoms with Crippen molar-refractivity contribution in [3.8, 4) is 28.5 Å². The number of rotatable bonds is 8. The topological polar surface area (TPSA) is 132 Å². The molecule has 12 heteroatoms. The standard InChI is InChI=1S/C37H34N12/c1-3-25(4-2)48-35(44-30-11-7-19-41-36(30)48)29-10-6-18-40-33(29)45-47-23-21-46(22-24-47)26-13-15-27(16-14-26)49-34(28-9-5-17-39-32(28)38)43-31-12-8-20-42-37(31)49/h3-20H,1,21-24H2,2H3,(H2,38,39)(H,40,45). The lowest BCUT2D eigenvalue weighted by Gasteiger charge is -2.36. The van der Waals surface area contributed by atoms with Crippen molar-refractivity contribution in [2.24, 2.45) is 0 Å². The Labute approximate surface area is 282 Å². The minimum Gasteiger partial charge on any atom is -0.383 e. The van der Waals surface area contributed by atoms with E-state index in [1.807, 2.05) is 76.7 Å². The number of piperazine rings is 1. The number of pyridine rings is 4. The van der Waals surface area contributed by atoms with Crippen molar-refractivity contribution in [3.63, 3.8) is 0 Å². The molecule has 0 unspecified atom stereocenters. The lowest BCUT2D eigenvalue weighted by molar-refractivity contribution is 0.307.